The lowest BCUT2D eigenvalue weighted by atomic mass is 9.85. The molecule has 44 heavy (non-hydrogen) atoms. The quantitative estimate of drug-likeness (QED) is 0.292. The maximum Gasteiger partial charge on any atom is 0.326 e. The minimum atomic E-state index is -1.17. The normalized spacial score (nSPS) is 16.2. The number of carboxylic acids is 1. The summed E-state index contributed by atoms with van der Waals surface area (Å²) in [4.78, 5) is 54.7. The third-order valence-corrected chi connectivity index (χ3v) is 8.19. The summed E-state index contributed by atoms with van der Waals surface area (Å²) in [7, 11) is 2.93. The van der Waals surface area contributed by atoms with Gasteiger partial charge in [0.15, 0.2) is 0 Å². The van der Waals surface area contributed by atoms with Gasteiger partial charge in [-0.25, -0.2) is 9.59 Å². The number of methoxy groups -OCH3 is 2. The van der Waals surface area contributed by atoms with Gasteiger partial charge in [-0.05, 0) is 54.8 Å². The molecule has 0 saturated carbocycles. The number of anilines is 2. The number of hydrogen-bond acceptors (Lipinski definition) is 7. The second-order valence-corrected chi connectivity index (χ2v) is 10.7. The molecular weight excluding hydrogens is 566 g/mol. The fourth-order valence-electron chi connectivity index (χ4n) is 5.78. The topological polar surface area (TPSA) is 150 Å². The third-order valence-electron chi connectivity index (χ3n) is 8.19. The number of nitrogens with zero attached hydrogens (tertiary/aromatic N) is 2. The molecule has 0 bridgehead atoms. The molecule has 2 fully saturated rings. The number of rotatable bonds is 9. The van der Waals surface area contributed by atoms with Crippen LogP contribution in [0.5, 0.6) is 11.5 Å². The van der Waals surface area contributed by atoms with Crippen molar-refractivity contribution in [2.75, 3.05) is 44.2 Å². The van der Waals surface area contributed by atoms with Crippen molar-refractivity contribution in [2.45, 2.75) is 30.8 Å². The molecule has 12 nitrogen and oxygen atoms in total. The number of urea groups is 1. The van der Waals surface area contributed by atoms with E-state index in [0.29, 0.717) is 55.3 Å². The Labute approximate surface area is 254 Å². The van der Waals surface area contributed by atoms with Gasteiger partial charge >= 0.3 is 12.0 Å². The second kappa shape index (κ2) is 12.9. The first kappa shape index (κ1) is 30.2. The van der Waals surface area contributed by atoms with Crippen LogP contribution in [0.25, 0.3) is 0 Å². The molecule has 0 aliphatic carbocycles. The van der Waals surface area contributed by atoms with Crippen LogP contribution < -0.4 is 30.3 Å². The Morgan fingerprint density at radius 1 is 0.932 bits per heavy atom. The summed E-state index contributed by atoms with van der Waals surface area (Å²) in [6.45, 7) is 1.01. The van der Waals surface area contributed by atoms with Crippen molar-refractivity contribution in [2.24, 2.45) is 0 Å². The molecule has 1 atom stereocenters. The molecule has 3 aromatic rings. The number of benzene rings is 3. The Bertz CT molecular complexity index is 1500. The Morgan fingerprint density at radius 2 is 1.57 bits per heavy atom. The van der Waals surface area contributed by atoms with E-state index >= 15 is 0 Å². The van der Waals surface area contributed by atoms with E-state index in [1.54, 1.807) is 47.4 Å². The Morgan fingerprint density at radius 3 is 2.16 bits per heavy atom. The molecule has 0 radical (unpaired) electrons. The standard InChI is InChI=1S/C32H35N5O7/c1-43-25-9-6-10-26(44-2)27(25)28(38)34-22-13-11-21(12-14-22)19-24(29(39)40)35-31(42)36-17-15-32(16-18-36)30(41)33-20-37(32)23-7-4-3-5-8-23/h3-14,24H,15-20H2,1-2H3,(H,33,41)(H,34,38)(H,35,42)(H,39,40). The molecule has 3 aromatic carbocycles. The number of hydrogen-bond donors (Lipinski definition) is 4. The van der Waals surface area contributed by atoms with E-state index < -0.39 is 29.5 Å². The summed E-state index contributed by atoms with van der Waals surface area (Å²) in [5.41, 5.74) is 1.58. The molecule has 4 N–H and O–H groups in total. The van der Waals surface area contributed by atoms with Crippen LogP contribution in [0.1, 0.15) is 28.8 Å². The van der Waals surface area contributed by atoms with Crippen molar-refractivity contribution in [1.29, 1.82) is 0 Å². The first-order valence-electron chi connectivity index (χ1n) is 14.3. The summed E-state index contributed by atoms with van der Waals surface area (Å²) in [5, 5.41) is 18.2. The molecule has 1 unspecified atom stereocenters. The van der Waals surface area contributed by atoms with E-state index in [9.17, 15) is 24.3 Å². The van der Waals surface area contributed by atoms with Gasteiger partial charge in [-0.3, -0.25) is 9.59 Å². The molecule has 12 heteroatoms. The molecule has 4 amide bonds. The zero-order valence-corrected chi connectivity index (χ0v) is 24.5. The largest absolute Gasteiger partial charge is 0.496 e. The van der Waals surface area contributed by atoms with Crippen LogP contribution in [0.3, 0.4) is 0 Å². The van der Waals surface area contributed by atoms with Gasteiger partial charge in [0.05, 0.1) is 20.9 Å². The lowest BCUT2D eigenvalue weighted by Crippen LogP contribution is -2.59. The molecule has 2 aliphatic rings. The van der Waals surface area contributed by atoms with Crippen molar-refractivity contribution in [3.8, 4) is 11.5 Å². The molecular formula is C32H35N5O7. The van der Waals surface area contributed by atoms with E-state index in [1.165, 1.54) is 14.2 Å². The van der Waals surface area contributed by atoms with E-state index in [-0.39, 0.29) is 17.9 Å². The number of likely N-dealkylation sites (tertiary alicyclic amines) is 1. The number of aliphatic carboxylic acids is 1. The Hall–Kier alpha value is -5.26. The maximum absolute atomic E-state index is 13.1. The summed E-state index contributed by atoms with van der Waals surface area (Å²) in [6, 6.07) is 19.7. The van der Waals surface area contributed by atoms with Gasteiger partial charge in [0.1, 0.15) is 28.6 Å². The van der Waals surface area contributed by atoms with Gasteiger partial charge in [-0.2, -0.15) is 0 Å². The molecule has 1 spiro atoms. The molecule has 230 valence electrons. The predicted octanol–water partition coefficient (Wildman–Crippen LogP) is 3.09. The highest BCUT2D eigenvalue weighted by atomic mass is 16.5. The highest BCUT2D eigenvalue weighted by molar-refractivity contribution is 6.08. The van der Waals surface area contributed by atoms with E-state index in [2.05, 4.69) is 16.0 Å². The van der Waals surface area contributed by atoms with Crippen molar-refractivity contribution >= 4 is 35.2 Å². The summed E-state index contributed by atoms with van der Waals surface area (Å²) in [5.74, 6) is -0.928. The summed E-state index contributed by atoms with van der Waals surface area (Å²) in [6.07, 6.45) is 0.886. The minimum absolute atomic E-state index is 0.0393. The van der Waals surface area contributed by atoms with Crippen LogP contribution in [-0.2, 0) is 16.0 Å². The van der Waals surface area contributed by atoms with E-state index in [1.807, 2.05) is 35.2 Å². The SMILES string of the molecule is COc1cccc(OC)c1C(=O)Nc1ccc(CC(NC(=O)N2CCC3(CC2)C(=O)NCN3c2ccccc2)C(=O)O)cc1. The average molecular weight is 602 g/mol. The Balaban J connectivity index is 1.19. The summed E-state index contributed by atoms with van der Waals surface area (Å²) >= 11 is 0. The van der Waals surface area contributed by atoms with Crippen molar-refractivity contribution in [1.82, 2.24) is 15.5 Å². The fourth-order valence-corrected chi connectivity index (χ4v) is 5.78. The van der Waals surface area contributed by atoms with Crippen LogP contribution in [0, 0.1) is 0 Å². The number of carbonyl (C=O) groups excluding carboxylic acids is 3. The first-order valence-corrected chi connectivity index (χ1v) is 14.3. The number of nitrogens with one attached hydrogen (secondary N) is 3. The molecule has 2 aliphatic heterocycles. The number of piperidine rings is 1. The van der Waals surface area contributed by atoms with Crippen LogP contribution >= 0.6 is 0 Å². The van der Waals surface area contributed by atoms with Gasteiger partial charge in [0.2, 0.25) is 5.91 Å². The molecule has 0 aromatic heterocycles. The zero-order valence-electron chi connectivity index (χ0n) is 24.5. The van der Waals surface area contributed by atoms with Gasteiger partial charge in [0, 0.05) is 30.9 Å². The van der Waals surface area contributed by atoms with Crippen LogP contribution in [0.4, 0.5) is 16.2 Å². The molecule has 2 heterocycles. The molecule has 2 saturated heterocycles. The predicted molar refractivity (Wildman–Crippen MR) is 163 cm³/mol. The zero-order chi connectivity index (χ0) is 31.3. The first-order chi connectivity index (χ1) is 21.3. The minimum Gasteiger partial charge on any atom is -0.496 e. The van der Waals surface area contributed by atoms with Gasteiger partial charge < -0.3 is 40.3 Å². The van der Waals surface area contributed by atoms with Crippen molar-refractivity contribution < 1.29 is 33.8 Å². The van der Waals surface area contributed by atoms with Gasteiger partial charge in [-0.1, -0.05) is 36.4 Å². The number of amides is 4. The van der Waals surface area contributed by atoms with Gasteiger partial charge in [0.25, 0.3) is 5.91 Å². The monoisotopic (exact) mass is 601 g/mol. The van der Waals surface area contributed by atoms with Crippen molar-refractivity contribution in [3.63, 3.8) is 0 Å². The lowest BCUT2D eigenvalue weighted by molar-refractivity contribution is -0.139. The number of para-hydroxylation sites is 1. The number of carbonyl (C=O) groups is 4. The second-order valence-electron chi connectivity index (χ2n) is 10.7. The maximum atomic E-state index is 13.1. The smallest absolute Gasteiger partial charge is 0.326 e. The van der Waals surface area contributed by atoms with Crippen LogP contribution in [-0.4, -0.2) is 79.4 Å². The number of ether oxygens (including phenoxy) is 2. The van der Waals surface area contributed by atoms with Gasteiger partial charge in [-0.15, -0.1) is 0 Å². The van der Waals surface area contributed by atoms with Crippen LogP contribution in [0.2, 0.25) is 0 Å². The van der Waals surface area contributed by atoms with E-state index in [4.69, 9.17) is 9.47 Å². The third kappa shape index (κ3) is 6.10. The molecule has 5 rings (SSSR count). The van der Waals surface area contributed by atoms with Crippen LogP contribution in [0.15, 0.2) is 72.8 Å². The van der Waals surface area contributed by atoms with E-state index in [0.717, 1.165) is 5.69 Å². The summed E-state index contributed by atoms with van der Waals surface area (Å²) < 4.78 is 10.6. The average Bonchev–Trinajstić information content (AvgIpc) is 3.36. The number of carboxylic acid groups (broad SMARTS) is 1. The highest BCUT2D eigenvalue weighted by Crippen LogP contribution is 2.36. The Kier molecular flexibility index (Phi) is 8.88. The lowest BCUT2D eigenvalue weighted by Gasteiger charge is -2.43. The van der Waals surface area contributed by atoms with Crippen molar-refractivity contribution in [3.05, 3.63) is 83.9 Å². The fraction of sp³-hybridized carbons (Fsp3) is 0.312. The highest BCUT2D eigenvalue weighted by Gasteiger charge is 2.51.